The van der Waals surface area contributed by atoms with Crippen LogP contribution in [0, 0.1) is 5.41 Å². The quantitative estimate of drug-likeness (QED) is 0.640. The largest absolute Gasteiger partial charge is 0.343 e. The average Bonchev–Trinajstić information content (AvgIpc) is 2.54. The van der Waals surface area contributed by atoms with E-state index >= 15 is 0 Å². The molecule has 0 radical (unpaired) electrons. The molecule has 2 heterocycles. The minimum Gasteiger partial charge on any atom is -0.343 e. The van der Waals surface area contributed by atoms with Gasteiger partial charge in [-0.3, -0.25) is 19.7 Å². The molecular formula is C11H16N2O3. The lowest BCUT2D eigenvalue weighted by molar-refractivity contribution is -0.138. The number of carbonyl (C=O) groups excluding carboxylic acids is 3. The maximum atomic E-state index is 11.7. The van der Waals surface area contributed by atoms with Gasteiger partial charge in [0.1, 0.15) is 0 Å². The van der Waals surface area contributed by atoms with Crippen LogP contribution in [-0.4, -0.2) is 35.7 Å². The second kappa shape index (κ2) is 3.88. The molecule has 0 unspecified atom stereocenters. The van der Waals surface area contributed by atoms with Crippen LogP contribution in [-0.2, 0) is 14.4 Å². The van der Waals surface area contributed by atoms with E-state index in [2.05, 4.69) is 5.32 Å². The number of hydrogen-bond donors (Lipinski definition) is 1. The van der Waals surface area contributed by atoms with Gasteiger partial charge in [0.25, 0.3) is 0 Å². The summed E-state index contributed by atoms with van der Waals surface area (Å²) in [6, 6.07) is 0. The van der Waals surface area contributed by atoms with E-state index in [0.29, 0.717) is 38.8 Å². The van der Waals surface area contributed by atoms with Crippen LogP contribution in [0.4, 0.5) is 0 Å². The van der Waals surface area contributed by atoms with Gasteiger partial charge >= 0.3 is 0 Å². The average molecular weight is 224 g/mol. The molecule has 2 fully saturated rings. The van der Waals surface area contributed by atoms with Crippen molar-refractivity contribution in [1.82, 2.24) is 10.2 Å². The highest BCUT2D eigenvalue weighted by atomic mass is 16.2. The Morgan fingerprint density at radius 3 is 2.44 bits per heavy atom. The third-order valence-corrected chi connectivity index (χ3v) is 3.61. The van der Waals surface area contributed by atoms with E-state index < -0.39 is 5.41 Å². The molecule has 2 rings (SSSR count). The number of nitrogens with zero attached hydrogens (tertiary/aromatic N) is 1. The summed E-state index contributed by atoms with van der Waals surface area (Å²) in [6.07, 6.45) is 2.00. The Kier molecular flexibility index (Phi) is 2.69. The van der Waals surface area contributed by atoms with Gasteiger partial charge in [-0.15, -0.1) is 0 Å². The van der Waals surface area contributed by atoms with E-state index in [1.807, 2.05) is 6.92 Å². The lowest BCUT2D eigenvalue weighted by atomic mass is 9.77. The maximum Gasteiger partial charge on any atom is 0.233 e. The van der Waals surface area contributed by atoms with Crippen molar-refractivity contribution >= 4 is 17.7 Å². The molecule has 2 saturated heterocycles. The lowest BCUT2D eigenvalue weighted by Gasteiger charge is -2.36. The van der Waals surface area contributed by atoms with E-state index in [1.54, 1.807) is 4.90 Å². The highest BCUT2D eigenvalue weighted by Gasteiger charge is 2.48. The minimum atomic E-state index is -0.526. The van der Waals surface area contributed by atoms with Crippen molar-refractivity contribution in [3.63, 3.8) is 0 Å². The number of nitrogens with one attached hydrogen (secondary N) is 1. The number of likely N-dealkylation sites (tertiary alicyclic amines) is 1. The minimum absolute atomic E-state index is 0.125. The van der Waals surface area contributed by atoms with Gasteiger partial charge in [0.05, 0.1) is 5.41 Å². The van der Waals surface area contributed by atoms with E-state index in [0.717, 1.165) is 0 Å². The van der Waals surface area contributed by atoms with Crippen LogP contribution >= 0.6 is 0 Å². The molecule has 3 amide bonds. The molecule has 2 aliphatic heterocycles. The summed E-state index contributed by atoms with van der Waals surface area (Å²) < 4.78 is 0. The summed E-state index contributed by atoms with van der Waals surface area (Å²) in [4.78, 5) is 36.1. The third kappa shape index (κ3) is 1.70. The highest BCUT2D eigenvalue weighted by Crippen LogP contribution is 2.38. The van der Waals surface area contributed by atoms with Gasteiger partial charge in [-0.1, -0.05) is 6.92 Å². The second-order valence-corrected chi connectivity index (χ2v) is 4.57. The molecule has 0 aliphatic carbocycles. The first-order valence-corrected chi connectivity index (χ1v) is 5.69. The first kappa shape index (κ1) is 11.1. The number of piperidine rings is 1. The molecule has 1 spiro atoms. The molecule has 0 aromatic carbocycles. The molecule has 16 heavy (non-hydrogen) atoms. The Labute approximate surface area is 94.2 Å². The monoisotopic (exact) mass is 224 g/mol. The third-order valence-electron chi connectivity index (χ3n) is 3.61. The predicted molar refractivity (Wildman–Crippen MR) is 56.3 cm³/mol. The van der Waals surface area contributed by atoms with Gasteiger partial charge in [-0.2, -0.15) is 0 Å². The Hall–Kier alpha value is -1.39. The lowest BCUT2D eigenvalue weighted by Crippen LogP contribution is -2.45. The molecule has 1 N–H and O–H groups in total. The standard InChI is InChI=1S/C11H16N2O3/c1-2-9(15)13-5-3-11(4-6-13)7-8(14)12-10(11)16/h2-7H2,1H3,(H,12,14,16). The summed E-state index contributed by atoms with van der Waals surface area (Å²) in [5, 5.41) is 2.35. The molecule has 88 valence electrons. The normalized spacial score (nSPS) is 23.7. The van der Waals surface area contributed by atoms with Gasteiger partial charge in [-0.25, -0.2) is 0 Å². The zero-order valence-electron chi connectivity index (χ0n) is 9.41. The topological polar surface area (TPSA) is 66.5 Å². The molecule has 0 atom stereocenters. The Morgan fingerprint density at radius 2 is 2.00 bits per heavy atom. The molecule has 0 aromatic rings. The number of rotatable bonds is 1. The van der Waals surface area contributed by atoms with Crippen LogP contribution in [0.3, 0.4) is 0 Å². The van der Waals surface area contributed by atoms with Gasteiger partial charge in [0, 0.05) is 25.9 Å². The fraction of sp³-hybridized carbons (Fsp3) is 0.727. The summed E-state index contributed by atoms with van der Waals surface area (Å²) in [5.41, 5.74) is -0.526. The fourth-order valence-electron chi connectivity index (χ4n) is 2.50. The van der Waals surface area contributed by atoms with Crippen molar-refractivity contribution in [2.45, 2.75) is 32.6 Å². The van der Waals surface area contributed by atoms with Crippen LogP contribution in [0.1, 0.15) is 32.6 Å². The Morgan fingerprint density at radius 1 is 1.38 bits per heavy atom. The molecule has 0 aromatic heterocycles. The summed E-state index contributed by atoms with van der Waals surface area (Å²) in [7, 11) is 0. The van der Waals surface area contributed by atoms with Gasteiger partial charge < -0.3 is 4.90 Å². The molecule has 0 bridgehead atoms. The van der Waals surface area contributed by atoms with Crippen molar-refractivity contribution in [3.8, 4) is 0 Å². The van der Waals surface area contributed by atoms with Gasteiger partial charge in [0.2, 0.25) is 17.7 Å². The number of imide groups is 1. The van der Waals surface area contributed by atoms with Crippen LogP contribution in [0.2, 0.25) is 0 Å². The number of amides is 3. The number of carbonyl (C=O) groups is 3. The first-order valence-electron chi connectivity index (χ1n) is 5.69. The predicted octanol–water partition coefficient (Wildman–Crippen LogP) is 0.0517. The summed E-state index contributed by atoms with van der Waals surface area (Å²) >= 11 is 0. The summed E-state index contributed by atoms with van der Waals surface area (Å²) in [6.45, 7) is 3.01. The fourth-order valence-corrected chi connectivity index (χ4v) is 2.50. The van der Waals surface area contributed by atoms with E-state index in [1.165, 1.54) is 0 Å². The number of hydrogen-bond acceptors (Lipinski definition) is 3. The first-order chi connectivity index (χ1) is 7.57. The van der Waals surface area contributed by atoms with Crippen molar-refractivity contribution in [1.29, 1.82) is 0 Å². The van der Waals surface area contributed by atoms with E-state index in [-0.39, 0.29) is 17.7 Å². The van der Waals surface area contributed by atoms with Crippen LogP contribution < -0.4 is 5.32 Å². The SMILES string of the molecule is CCC(=O)N1CCC2(CC1)CC(=O)NC2=O. The Bertz CT molecular complexity index is 343. The van der Waals surface area contributed by atoms with Gasteiger partial charge in [-0.05, 0) is 12.8 Å². The second-order valence-electron chi connectivity index (χ2n) is 4.57. The maximum absolute atomic E-state index is 11.7. The van der Waals surface area contributed by atoms with Crippen molar-refractivity contribution in [3.05, 3.63) is 0 Å². The van der Waals surface area contributed by atoms with Crippen LogP contribution in [0.5, 0.6) is 0 Å². The summed E-state index contributed by atoms with van der Waals surface area (Å²) in [5.74, 6) is -0.207. The van der Waals surface area contributed by atoms with Crippen molar-refractivity contribution in [2.75, 3.05) is 13.1 Å². The smallest absolute Gasteiger partial charge is 0.233 e. The molecule has 2 aliphatic rings. The molecule has 5 heteroatoms. The van der Waals surface area contributed by atoms with Crippen molar-refractivity contribution < 1.29 is 14.4 Å². The van der Waals surface area contributed by atoms with Crippen molar-refractivity contribution in [2.24, 2.45) is 5.41 Å². The van der Waals surface area contributed by atoms with Crippen LogP contribution in [0.15, 0.2) is 0 Å². The molecule has 0 saturated carbocycles. The van der Waals surface area contributed by atoms with Crippen LogP contribution in [0.25, 0.3) is 0 Å². The van der Waals surface area contributed by atoms with Gasteiger partial charge in [0.15, 0.2) is 0 Å². The zero-order chi connectivity index (χ0) is 11.8. The Balaban J connectivity index is 2.02. The van der Waals surface area contributed by atoms with E-state index in [9.17, 15) is 14.4 Å². The molecular weight excluding hydrogens is 208 g/mol. The highest BCUT2D eigenvalue weighted by molar-refractivity contribution is 6.06. The zero-order valence-corrected chi connectivity index (χ0v) is 9.41. The van der Waals surface area contributed by atoms with E-state index in [4.69, 9.17) is 0 Å². The molecule has 5 nitrogen and oxygen atoms in total.